The van der Waals surface area contributed by atoms with Gasteiger partial charge in [-0.25, -0.2) is 8.60 Å². The number of anilines is 1. The van der Waals surface area contributed by atoms with Crippen molar-refractivity contribution in [3.8, 4) is 0 Å². The maximum absolute atomic E-state index is 13.2. The van der Waals surface area contributed by atoms with E-state index in [0.717, 1.165) is 24.0 Å². The lowest BCUT2D eigenvalue weighted by Gasteiger charge is -2.17. The Hall–Kier alpha value is -3.11. The Morgan fingerprint density at radius 1 is 1.10 bits per heavy atom. The van der Waals surface area contributed by atoms with Gasteiger partial charge in [0, 0.05) is 21.3 Å². The van der Waals surface area contributed by atoms with Crippen LogP contribution in [0.25, 0.3) is 0 Å². The zero-order chi connectivity index (χ0) is 27.7. The summed E-state index contributed by atoms with van der Waals surface area (Å²) in [7, 11) is 0. The molecule has 0 bridgehead atoms. The van der Waals surface area contributed by atoms with Gasteiger partial charge in [-0.3, -0.25) is 4.79 Å². The molecule has 202 valence electrons. The van der Waals surface area contributed by atoms with Crippen LogP contribution in [-0.2, 0) is 34.1 Å². The second kappa shape index (κ2) is 11.2. The van der Waals surface area contributed by atoms with Crippen LogP contribution < -0.4 is 5.32 Å². The fourth-order valence-corrected chi connectivity index (χ4v) is 5.76. The molecule has 1 amide bonds. The van der Waals surface area contributed by atoms with Gasteiger partial charge in [-0.15, -0.1) is 0 Å². The van der Waals surface area contributed by atoms with Crippen molar-refractivity contribution in [2.75, 3.05) is 5.32 Å². The van der Waals surface area contributed by atoms with Gasteiger partial charge in [-0.1, -0.05) is 64.8 Å². The third kappa shape index (κ3) is 6.06. The molecule has 0 spiro atoms. The molecule has 1 saturated carbocycles. The van der Waals surface area contributed by atoms with E-state index < -0.39 is 21.7 Å². The molecule has 1 aliphatic carbocycles. The third-order valence-electron chi connectivity index (χ3n) is 6.84. The number of amides is 1. The van der Waals surface area contributed by atoms with Crippen LogP contribution in [0, 0.1) is 5.82 Å². The topological polar surface area (TPSA) is 105 Å². The molecular formula is C28H24Cl2FN3O4S. The van der Waals surface area contributed by atoms with Gasteiger partial charge in [0.15, 0.2) is 16.9 Å². The van der Waals surface area contributed by atoms with E-state index in [2.05, 4.69) is 15.5 Å². The van der Waals surface area contributed by atoms with Gasteiger partial charge >= 0.3 is 0 Å². The summed E-state index contributed by atoms with van der Waals surface area (Å²) < 4.78 is 39.2. The number of aromatic nitrogens is 2. The summed E-state index contributed by atoms with van der Waals surface area (Å²) in [6.45, 7) is 1.66. The minimum absolute atomic E-state index is 0.109. The van der Waals surface area contributed by atoms with E-state index in [1.807, 2.05) is 0 Å². The van der Waals surface area contributed by atoms with Crippen LogP contribution in [0.3, 0.4) is 0 Å². The number of nitrogens with one attached hydrogen (secondary N) is 1. The van der Waals surface area contributed by atoms with Gasteiger partial charge in [-0.2, -0.15) is 4.98 Å². The summed E-state index contributed by atoms with van der Waals surface area (Å²) in [5.41, 5.74) is 2.89. The molecule has 2 atom stereocenters. The van der Waals surface area contributed by atoms with Gasteiger partial charge in [0.2, 0.25) is 11.8 Å². The quantitative estimate of drug-likeness (QED) is 0.212. The maximum Gasteiger partial charge on any atom is 0.231 e. The molecule has 5 rings (SSSR count). The number of carbonyl (C=O) groups excluding carboxylic acids is 1. The summed E-state index contributed by atoms with van der Waals surface area (Å²) in [5, 5.41) is 7.27. The Bertz CT molecular complexity index is 1520. The van der Waals surface area contributed by atoms with Gasteiger partial charge in [0.25, 0.3) is 0 Å². The van der Waals surface area contributed by atoms with E-state index in [9.17, 15) is 17.9 Å². The van der Waals surface area contributed by atoms with E-state index in [-0.39, 0.29) is 18.1 Å². The van der Waals surface area contributed by atoms with Crippen molar-refractivity contribution in [1.82, 2.24) is 10.1 Å². The van der Waals surface area contributed by atoms with Crippen molar-refractivity contribution >= 4 is 45.9 Å². The standard InChI is InChI=1S/C28H24Cl2FN3O4S/c1-16(39(36)37)19-6-2-17(3-7-19)12-24(35)32-21-14-22(29)26(23(30)15-21)28(10-11-28)27-33-25(38-34-27)13-18-4-8-20(31)9-5-18/h2-9,14-16H,10-13H2,1H3,(H,32,35)(H,36,37). The largest absolute Gasteiger partial charge is 0.339 e. The number of carbonyl (C=O) groups is 1. The Labute approximate surface area is 237 Å². The number of rotatable bonds is 9. The zero-order valence-corrected chi connectivity index (χ0v) is 23.1. The van der Waals surface area contributed by atoms with Crippen LogP contribution in [0.4, 0.5) is 10.1 Å². The molecule has 11 heteroatoms. The first-order valence-corrected chi connectivity index (χ1v) is 14.1. The van der Waals surface area contributed by atoms with Gasteiger partial charge < -0.3 is 14.4 Å². The second-order valence-electron chi connectivity index (χ2n) is 9.60. The highest BCUT2D eigenvalue weighted by atomic mass is 35.5. The average Bonchev–Trinajstić information content (AvgIpc) is 3.54. The van der Waals surface area contributed by atoms with E-state index in [4.69, 9.17) is 27.7 Å². The lowest BCUT2D eigenvalue weighted by Crippen LogP contribution is -2.16. The number of nitrogens with zero attached hydrogens (tertiary/aromatic N) is 2. The Morgan fingerprint density at radius 2 is 1.72 bits per heavy atom. The predicted molar refractivity (Wildman–Crippen MR) is 148 cm³/mol. The van der Waals surface area contributed by atoms with Crippen LogP contribution in [0.1, 0.15) is 59.0 Å². The predicted octanol–water partition coefficient (Wildman–Crippen LogP) is 6.65. The van der Waals surface area contributed by atoms with Gasteiger partial charge in [0.1, 0.15) is 5.82 Å². The molecule has 1 heterocycles. The number of hydrogen-bond acceptors (Lipinski definition) is 5. The first kappa shape index (κ1) is 27.5. The molecule has 1 fully saturated rings. The van der Waals surface area contributed by atoms with E-state index in [1.54, 1.807) is 55.5 Å². The molecule has 2 unspecified atom stereocenters. The van der Waals surface area contributed by atoms with Crippen LogP contribution in [0.5, 0.6) is 0 Å². The van der Waals surface area contributed by atoms with Gasteiger partial charge in [0.05, 0.1) is 23.5 Å². The lowest BCUT2D eigenvalue weighted by molar-refractivity contribution is -0.115. The smallest absolute Gasteiger partial charge is 0.231 e. The molecule has 0 saturated heterocycles. The molecule has 2 N–H and O–H groups in total. The summed E-state index contributed by atoms with van der Waals surface area (Å²) in [4.78, 5) is 17.3. The lowest BCUT2D eigenvalue weighted by atomic mass is 9.94. The normalized spacial score (nSPS) is 15.5. The monoisotopic (exact) mass is 587 g/mol. The highest BCUT2D eigenvalue weighted by molar-refractivity contribution is 7.79. The van der Waals surface area contributed by atoms with E-state index in [1.165, 1.54) is 12.1 Å². The second-order valence-corrected chi connectivity index (χ2v) is 11.7. The van der Waals surface area contributed by atoms with Crippen molar-refractivity contribution in [3.63, 3.8) is 0 Å². The van der Waals surface area contributed by atoms with Crippen LogP contribution in [-0.4, -0.2) is 24.8 Å². The summed E-state index contributed by atoms with van der Waals surface area (Å²) >= 11 is 11.4. The minimum atomic E-state index is -1.96. The fourth-order valence-electron chi connectivity index (χ4n) is 4.52. The Kier molecular flexibility index (Phi) is 7.87. The number of benzene rings is 3. The van der Waals surface area contributed by atoms with Gasteiger partial charge in [-0.05, 0) is 60.7 Å². The van der Waals surface area contributed by atoms with Crippen LogP contribution in [0.2, 0.25) is 10.0 Å². The number of halogens is 3. The zero-order valence-electron chi connectivity index (χ0n) is 20.8. The maximum atomic E-state index is 13.2. The Balaban J connectivity index is 1.28. The summed E-state index contributed by atoms with van der Waals surface area (Å²) in [6.07, 6.45) is 1.97. The molecule has 0 aliphatic heterocycles. The van der Waals surface area contributed by atoms with Crippen molar-refractivity contribution in [1.29, 1.82) is 0 Å². The molecule has 39 heavy (non-hydrogen) atoms. The summed E-state index contributed by atoms with van der Waals surface area (Å²) in [6, 6.07) is 16.4. The van der Waals surface area contributed by atoms with Crippen molar-refractivity contribution in [2.45, 2.75) is 43.3 Å². The minimum Gasteiger partial charge on any atom is -0.339 e. The molecule has 0 radical (unpaired) electrons. The number of hydrogen-bond donors (Lipinski definition) is 2. The molecule has 1 aromatic heterocycles. The third-order valence-corrected chi connectivity index (χ3v) is 8.31. The van der Waals surface area contributed by atoms with Crippen LogP contribution >= 0.6 is 23.2 Å². The highest BCUT2D eigenvalue weighted by Gasteiger charge is 2.52. The average molecular weight is 588 g/mol. The highest BCUT2D eigenvalue weighted by Crippen LogP contribution is 2.56. The van der Waals surface area contributed by atoms with Crippen molar-refractivity contribution in [2.24, 2.45) is 0 Å². The van der Waals surface area contributed by atoms with E-state index >= 15 is 0 Å². The molecule has 1 aliphatic rings. The first-order chi connectivity index (χ1) is 18.6. The van der Waals surface area contributed by atoms with Crippen LogP contribution in [0.15, 0.2) is 65.2 Å². The first-order valence-electron chi connectivity index (χ1n) is 12.2. The van der Waals surface area contributed by atoms with E-state index in [0.29, 0.717) is 45.0 Å². The summed E-state index contributed by atoms with van der Waals surface area (Å²) in [5.74, 6) is 0.327. The molecular weight excluding hydrogens is 564 g/mol. The Morgan fingerprint density at radius 3 is 2.31 bits per heavy atom. The molecule has 4 aromatic rings. The SMILES string of the molecule is CC(c1ccc(CC(=O)Nc2cc(Cl)c(C3(c4noc(Cc5ccc(F)cc5)n4)CC3)c(Cl)c2)cc1)S(=O)O. The van der Waals surface area contributed by atoms with Crippen molar-refractivity contribution < 1.29 is 22.5 Å². The fraction of sp³-hybridized carbons (Fsp3) is 0.250. The van der Waals surface area contributed by atoms with Crippen molar-refractivity contribution in [3.05, 3.63) is 110 Å². The molecule has 7 nitrogen and oxygen atoms in total. The molecule has 3 aromatic carbocycles.